The quantitative estimate of drug-likeness (QED) is 0.464. The number of nitro benzene ring substituents is 1. The van der Waals surface area contributed by atoms with Crippen LogP contribution in [0.1, 0.15) is 36.0 Å². The Morgan fingerprint density at radius 2 is 2.08 bits per heavy atom. The number of nitro groups is 1. The Morgan fingerprint density at radius 1 is 1.42 bits per heavy atom. The van der Waals surface area contributed by atoms with Gasteiger partial charge in [-0.15, -0.1) is 0 Å². The third-order valence-corrected chi connectivity index (χ3v) is 4.43. The van der Waals surface area contributed by atoms with Gasteiger partial charge < -0.3 is 10.1 Å². The van der Waals surface area contributed by atoms with E-state index in [1.807, 2.05) is 0 Å². The van der Waals surface area contributed by atoms with Gasteiger partial charge in [-0.3, -0.25) is 14.9 Å². The number of ether oxygens (including phenoxy) is 1. The molecule has 126 valence electrons. The van der Waals surface area contributed by atoms with Gasteiger partial charge in [-0.25, -0.2) is 4.79 Å². The predicted octanol–water partition coefficient (Wildman–Crippen LogP) is 2.47. The number of halogens is 1. The smallest absolute Gasteiger partial charge is 0.338 e. The molecule has 0 unspecified atom stereocenters. The molecule has 8 nitrogen and oxygen atoms in total. The van der Waals surface area contributed by atoms with Gasteiger partial charge >= 0.3 is 5.97 Å². The lowest BCUT2D eigenvalue weighted by atomic mass is 10.00. The lowest BCUT2D eigenvalue weighted by Crippen LogP contribution is -2.46. The molecule has 1 aliphatic rings. The highest BCUT2D eigenvalue weighted by atomic mass is 79.9. The second-order valence-corrected chi connectivity index (χ2v) is 6.30. The molecule has 0 aliphatic heterocycles. The molecular weight excluding hydrogens is 382 g/mol. The molecule has 1 fully saturated rings. The molecule has 0 spiro atoms. The standard InChI is InChI=1S/C15H14BrN3O5/c16-11-4-3-10(7-12(11)19(22)23)14(21)24-8-13(20)18-15(9-17)5-1-2-6-15/h3-4,7H,1-2,5-6,8H2,(H,18,20). The average molecular weight is 396 g/mol. The molecule has 1 aliphatic carbocycles. The van der Waals surface area contributed by atoms with E-state index in [0.717, 1.165) is 18.9 Å². The molecule has 0 heterocycles. The van der Waals surface area contributed by atoms with E-state index in [-0.39, 0.29) is 15.7 Å². The first-order chi connectivity index (χ1) is 11.4. The second-order valence-electron chi connectivity index (χ2n) is 5.45. The normalized spacial score (nSPS) is 15.3. The Morgan fingerprint density at radius 3 is 2.67 bits per heavy atom. The number of hydrogen-bond donors (Lipinski definition) is 1. The van der Waals surface area contributed by atoms with Gasteiger partial charge in [0.25, 0.3) is 11.6 Å². The number of nitriles is 1. The monoisotopic (exact) mass is 395 g/mol. The third kappa shape index (κ3) is 4.08. The van der Waals surface area contributed by atoms with E-state index in [1.54, 1.807) is 0 Å². The Bertz CT molecular complexity index is 722. The molecule has 0 atom stereocenters. The largest absolute Gasteiger partial charge is 0.452 e. The predicted molar refractivity (Wildman–Crippen MR) is 86.0 cm³/mol. The van der Waals surface area contributed by atoms with Crippen LogP contribution in [-0.4, -0.2) is 28.9 Å². The van der Waals surface area contributed by atoms with Crippen molar-refractivity contribution in [2.24, 2.45) is 0 Å². The summed E-state index contributed by atoms with van der Waals surface area (Å²) in [7, 11) is 0. The molecule has 0 aromatic heterocycles. The molecule has 1 aromatic rings. The highest BCUT2D eigenvalue weighted by Crippen LogP contribution is 2.29. The van der Waals surface area contributed by atoms with Gasteiger partial charge in [0.05, 0.1) is 21.0 Å². The molecule has 1 saturated carbocycles. The first-order valence-electron chi connectivity index (χ1n) is 7.20. The maximum Gasteiger partial charge on any atom is 0.338 e. The second kappa shape index (κ2) is 7.40. The van der Waals surface area contributed by atoms with Gasteiger partial charge in [0, 0.05) is 6.07 Å². The van der Waals surface area contributed by atoms with Crippen LogP contribution in [0.3, 0.4) is 0 Å². The van der Waals surface area contributed by atoms with Crippen LogP contribution in [0.4, 0.5) is 5.69 Å². The summed E-state index contributed by atoms with van der Waals surface area (Å²) >= 11 is 3.02. The number of hydrogen-bond acceptors (Lipinski definition) is 6. The van der Waals surface area contributed by atoms with Crippen LogP contribution >= 0.6 is 15.9 Å². The van der Waals surface area contributed by atoms with Crippen LogP contribution in [-0.2, 0) is 9.53 Å². The molecule has 0 radical (unpaired) electrons. The number of benzene rings is 1. The minimum atomic E-state index is -0.889. The lowest BCUT2D eigenvalue weighted by molar-refractivity contribution is -0.385. The van der Waals surface area contributed by atoms with E-state index in [0.29, 0.717) is 12.8 Å². The minimum Gasteiger partial charge on any atom is -0.452 e. The van der Waals surface area contributed by atoms with Crippen molar-refractivity contribution in [2.75, 3.05) is 6.61 Å². The zero-order valence-electron chi connectivity index (χ0n) is 12.6. The molecule has 1 N–H and O–H groups in total. The number of rotatable bonds is 5. The number of nitrogens with one attached hydrogen (secondary N) is 1. The van der Waals surface area contributed by atoms with Crippen molar-refractivity contribution >= 4 is 33.5 Å². The molecule has 1 amide bonds. The molecule has 2 rings (SSSR count). The van der Waals surface area contributed by atoms with Crippen LogP contribution < -0.4 is 5.32 Å². The molecule has 0 saturated heterocycles. The Hall–Kier alpha value is -2.47. The van der Waals surface area contributed by atoms with Crippen molar-refractivity contribution in [3.63, 3.8) is 0 Å². The zero-order chi connectivity index (χ0) is 17.7. The fraction of sp³-hybridized carbons (Fsp3) is 0.400. The van der Waals surface area contributed by atoms with Crippen molar-refractivity contribution in [3.8, 4) is 6.07 Å². The van der Waals surface area contributed by atoms with Gasteiger partial charge in [0.15, 0.2) is 6.61 Å². The Labute approximate surface area is 146 Å². The molecule has 0 bridgehead atoms. The highest BCUT2D eigenvalue weighted by Gasteiger charge is 2.35. The van der Waals surface area contributed by atoms with Gasteiger partial charge in [-0.2, -0.15) is 5.26 Å². The van der Waals surface area contributed by atoms with E-state index in [2.05, 4.69) is 27.3 Å². The first kappa shape index (κ1) is 17.9. The van der Waals surface area contributed by atoms with Crippen LogP contribution in [0.2, 0.25) is 0 Å². The summed E-state index contributed by atoms with van der Waals surface area (Å²) in [5.41, 5.74) is -1.20. The van der Waals surface area contributed by atoms with Gasteiger partial charge in [0.2, 0.25) is 0 Å². The number of esters is 1. The van der Waals surface area contributed by atoms with Gasteiger partial charge in [-0.1, -0.05) is 0 Å². The summed E-state index contributed by atoms with van der Waals surface area (Å²) in [5, 5.41) is 22.6. The lowest BCUT2D eigenvalue weighted by Gasteiger charge is -2.21. The summed E-state index contributed by atoms with van der Waals surface area (Å²) in [4.78, 5) is 34.0. The topological polar surface area (TPSA) is 122 Å². The van der Waals surface area contributed by atoms with E-state index in [9.17, 15) is 25.0 Å². The summed E-state index contributed by atoms with van der Waals surface area (Å²) < 4.78 is 5.10. The fourth-order valence-corrected chi connectivity index (χ4v) is 2.93. The van der Waals surface area contributed by atoms with Crippen LogP contribution in [0, 0.1) is 21.4 Å². The number of nitrogens with zero attached hydrogens (tertiary/aromatic N) is 2. The van der Waals surface area contributed by atoms with Crippen LogP contribution in [0.5, 0.6) is 0 Å². The average Bonchev–Trinajstić information content (AvgIpc) is 3.01. The molecule has 9 heteroatoms. The SMILES string of the molecule is N#CC1(NC(=O)COC(=O)c2ccc(Br)c([N+](=O)[O-])c2)CCCC1. The van der Waals surface area contributed by atoms with Crippen molar-refractivity contribution in [3.05, 3.63) is 38.3 Å². The Kier molecular flexibility index (Phi) is 5.51. The molecule has 1 aromatic carbocycles. The van der Waals surface area contributed by atoms with E-state index in [4.69, 9.17) is 4.74 Å². The highest BCUT2D eigenvalue weighted by molar-refractivity contribution is 9.10. The molecular formula is C15H14BrN3O5. The minimum absolute atomic E-state index is 0.0337. The number of amides is 1. The van der Waals surface area contributed by atoms with Crippen molar-refractivity contribution in [1.82, 2.24) is 5.32 Å². The van der Waals surface area contributed by atoms with Gasteiger partial charge in [-0.05, 0) is 53.7 Å². The van der Waals surface area contributed by atoms with E-state index >= 15 is 0 Å². The summed E-state index contributed by atoms with van der Waals surface area (Å²) in [6.45, 7) is -0.549. The van der Waals surface area contributed by atoms with Crippen LogP contribution in [0.15, 0.2) is 22.7 Å². The zero-order valence-corrected chi connectivity index (χ0v) is 14.2. The maximum absolute atomic E-state index is 11.9. The van der Waals surface area contributed by atoms with E-state index in [1.165, 1.54) is 12.1 Å². The maximum atomic E-state index is 11.9. The van der Waals surface area contributed by atoms with Gasteiger partial charge in [0.1, 0.15) is 5.54 Å². The molecule has 24 heavy (non-hydrogen) atoms. The number of carbonyl (C=O) groups is 2. The summed E-state index contributed by atoms with van der Waals surface area (Å²) in [5.74, 6) is -1.42. The van der Waals surface area contributed by atoms with Crippen molar-refractivity contribution in [2.45, 2.75) is 31.2 Å². The Balaban J connectivity index is 1.96. The number of carbonyl (C=O) groups excluding carboxylic acids is 2. The van der Waals surface area contributed by atoms with Crippen molar-refractivity contribution in [1.29, 1.82) is 5.26 Å². The van der Waals surface area contributed by atoms with Crippen LogP contribution in [0.25, 0.3) is 0 Å². The van der Waals surface area contributed by atoms with Crippen molar-refractivity contribution < 1.29 is 19.2 Å². The first-order valence-corrected chi connectivity index (χ1v) is 7.99. The third-order valence-electron chi connectivity index (χ3n) is 3.76. The van der Waals surface area contributed by atoms with E-state index < -0.39 is 28.9 Å². The summed E-state index contributed by atoms with van der Waals surface area (Å²) in [6.07, 6.45) is 2.86. The summed E-state index contributed by atoms with van der Waals surface area (Å²) in [6, 6.07) is 5.88. The fourth-order valence-electron chi connectivity index (χ4n) is 2.54.